The highest BCUT2D eigenvalue weighted by Gasteiger charge is 2.15. The molecule has 2 heterocycles. The minimum Gasteiger partial charge on any atom is -0.508 e. The van der Waals surface area contributed by atoms with Gasteiger partial charge in [0.25, 0.3) is 5.56 Å². The first-order valence-corrected chi connectivity index (χ1v) is 8.34. The molecule has 3 rings (SSSR count). The molecule has 0 spiro atoms. The second-order valence-corrected chi connectivity index (χ2v) is 6.75. The van der Waals surface area contributed by atoms with Crippen molar-refractivity contribution in [2.45, 2.75) is 13.5 Å². The Morgan fingerprint density at radius 3 is 2.38 bits per heavy atom. The van der Waals surface area contributed by atoms with Crippen molar-refractivity contribution in [3.63, 3.8) is 0 Å². The van der Waals surface area contributed by atoms with Crippen molar-refractivity contribution in [2.24, 2.45) is 7.05 Å². The molecule has 0 bridgehead atoms. The van der Waals surface area contributed by atoms with Gasteiger partial charge in [0.2, 0.25) is 0 Å². The molecule has 0 unspecified atom stereocenters. The van der Waals surface area contributed by atoms with Crippen molar-refractivity contribution in [2.75, 3.05) is 33.2 Å². The van der Waals surface area contributed by atoms with E-state index < -0.39 is 0 Å². The summed E-state index contributed by atoms with van der Waals surface area (Å²) in [4.78, 5) is 16.5. The minimum absolute atomic E-state index is 0.00894. The van der Waals surface area contributed by atoms with Gasteiger partial charge >= 0.3 is 0 Å². The summed E-state index contributed by atoms with van der Waals surface area (Å²) < 4.78 is 1.58. The summed E-state index contributed by atoms with van der Waals surface area (Å²) >= 11 is 0. The van der Waals surface area contributed by atoms with Crippen molar-refractivity contribution in [1.82, 2.24) is 14.4 Å². The highest BCUT2D eigenvalue weighted by molar-refractivity contribution is 5.65. The van der Waals surface area contributed by atoms with Gasteiger partial charge in [-0.3, -0.25) is 9.69 Å². The molecule has 1 fully saturated rings. The van der Waals surface area contributed by atoms with Gasteiger partial charge in [0.1, 0.15) is 5.75 Å². The van der Waals surface area contributed by atoms with Crippen LogP contribution in [0, 0.1) is 6.92 Å². The van der Waals surface area contributed by atoms with Crippen LogP contribution in [-0.2, 0) is 13.6 Å². The van der Waals surface area contributed by atoms with E-state index >= 15 is 0 Å². The van der Waals surface area contributed by atoms with E-state index in [9.17, 15) is 9.90 Å². The lowest BCUT2D eigenvalue weighted by molar-refractivity contribution is 0.147. The Balaban J connectivity index is 1.81. The lowest BCUT2D eigenvalue weighted by atomic mass is 10.0. The maximum atomic E-state index is 11.8. The van der Waals surface area contributed by atoms with Crippen molar-refractivity contribution in [3.05, 3.63) is 51.9 Å². The zero-order valence-corrected chi connectivity index (χ0v) is 14.6. The number of aromatic nitrogens is 1. The molecule has 1 N–H and O–H groups in total. The summed E-state index contributed by atoms with van der Waals surface area (Å²) in [6, 6.07) is 7.68. The maximum Gasteiger partial charge on any atom is 0.253 e. The van der Waals surface area contributed by atoms with Crippen molar-refractivity contribution in [3.8, 4) is 16.9 Å². The molecule has 24 heavy (non-hydrogen) atoms. The maximum absolute atomic E-state index is 11.8. The van der Waals surface area contributed by atoms with Crippen LogP contribution in [0.25, 0.3) is 11.1 Å². The number of phenolic OH excluding ortho intramolecular Hbond substituents is 1. The third-order valence-electron chi connectivity index (χ3n) is 4.77. The van der Waals surface area contributed by atoms with Crippen molar-refractivity contribution < 1.29 is 5.11 Å². The van der Waals surface area contributed by atoms with Crippen LogP contribution in [-0.4, -0.2) is 52.7 Å². The van der Waals surface area contributed by atoms with Gasteiger partial charge < -0.3 is 14.6 Å². The first-order valence-electron chi connectivity index (χ1n) is 8.34. The van der Waals surface area contributed by atoms with E-state index in [4.69, 9.17) is 0 Å². The highest BCUT2D eigenvalue weighted by Crippen LogP contribution is 2.27. The number of benzene rings is 1. The summed E-state index contributed by atoms with van der Waals surface area (Å²) in [5, 5.41) is 10.4. The van der Waals surface area contributed by atoms with E-state index in [1.54, 1.807) is 17.7 Å². The largest absolute Gasteiger partial charge is 0.508 e. The van der Waals surface area contributed by atoms with Gasteiger partial charge in [0.05, 0.1) is 0 Å². The Morgan fingerprint density at radius 2 is 1.75 bits per heavy atom. The van der Waals surface area contributed by atoms with Gasteiger partial charge in [-0.2, -0.15) is 0 Å². The number of aromatic hydroxyl groups is 1. The van der Waals surface area contributed by atoms with Gasteiger partial charge in [-0.15, -0.1) is 0 Å². The molecule has 2 aromatic rings. The number of pyridine rings is 1. The highest BCUT2D eigenvalue weighted by atomic mass is 16.3. The number of hydrogen-bond acceptors (Lipinski definition) is 4. The normalized spacial score (nSPS) is 16.5. The van der Waals surface area contributed by atoms with E-state index in [0.717, 1.165) is 49.4 Å². The molecule has 1 aliphatic heterocycles. The molecule has 0 amide bonds. The molecule has 5 heteroatoms. The fraction of sp³-hybridized carbons (Fsp3) is 0.421. The van der Waals surface area contributed by atoms with Crippen LogP contribution in [0.3, 0.4) is 0 Å². The molecule has 128 valence electrons. The molecular weight excluding hydrogens is 302 g/mol. The summed E-state index contributed by atoms with van der Waals surface area (Å²) in [5.74, 6) is 0.318. The first kappa shape index (κ1) is 16.7. The number of phenols is 1. The molecule has 0 saturated carbocycles. The molecule has 0 aliphatic carbocycles. The summed E-state index contributed by atoms with van der Waals surface area (Å²) in [6.45, 7) is 6.77. The van der Waals surface area contributed by atoms with Crippen LogP contribution in [0.2, 0.25) is 0 Å². The molecule has 0 radical (unpaired) electrons. The number of nitrogens with zero attached hydrogens (tertiary/aromatic N) is 3. The lowest BCUT2D eigenvalue weighted by Crippen LogP contribution is -2.43. The molecule has 1 aromatic carbocycles. The zero-order chi connectivity index (χ0) is 17.3. The number of hydrogen-bond donors (Lipinski definition) is 1. The lowest BCUT2D eigenvalue weighted by Gasteiger charge is -2.32. The van der Waals surface area contributed by atoms with Gasteiger partial charge in [-0.25, -0.2) is 0 Å². The first-order chi connectivity index (χ1) is 11.4. The Kier molecular flexibility index (Phi) is 4.73. The van der Waals surface area contributed by atoms with Gasteiger partial charge in [0.15, 0.2) is 0 Å². The summed E-state index contributed by atoms with van der Waals surface area (Å²) in [7, 11) is 3.89. The third kappa shape index (κ3) is 3.52. The van der Waals surface area contributed by atoms with E-state index in [0.29, 0.717) is 11.3 Å². The van der Waals surface area contributed by atoms with Crippen LogP contribution >= 0.6 is 0 Å². The fourth-order valence-corrected chi connectivity index (χ4v) is 3.16. The fourth-order valence-electron chi connectivity index (χ4n) is 3.16. The topological polar surface area (TPSA) is 48.7 Å². The van der Waals surface area contributed by atoms with Crippen LogP contribution in [0.5, 0.6) is 5.75 Å². The summed E-state index contributed by atoms with van der Waals surface area (Å²) in [5.41, 5.74) is 3.53. The Bertz CT molecular complexity index is 763. The number of piperazine rings is 1. The SMILES string of the molecule is Cc1cc(-c2ccc(CN3CCN(C)CC3)c(O)c2)cn(C)c1=O. The van der Waals surface area contributed by atoms with Crippen LogP contribution in [0.1, 0.15) is 11.1 Å². The van der Waals surface area contributed by atoms with E-state index in [2.05, 4.69) is 16.8 Å². The quantitative estimate of drug-likeness (QED) is 0.934. The monoisotopic (exact) mass is 327 g/mol. The van der Waals surface area contributed by atoms with E-state index in [1.807, 2.05) is 31.3 Å². The standard InChI is InChI=1S/C19H25N3O2/c1-14-10-17(12-21(3)19(14)24)15-4-5-16(18(23)11-15)13-22-8-6-20(2)7-9-22/h4-5,10-12,23H,6-9,13H2,1-3H3. The molecule has 5 nitrogen and oxygen atoms in total. The van der Waals surface area contributed by atoms with Crippen LogP contribution in [0.4, 0.5) is 0 Å². The van der Waals surface area contributed by atoms with Gasteiger partial charge in [-0.1, -0.05) is 12.1 Å². The predicted molar refractivity (Wildman–Crippen MR) is 96.3 cm³/mol. The second-order valence-electron chi connectivity index (χ2n) is 6.75. The predicted octanol–water partition coefficient (Wildman–Crippen LogP) is 1.81. The Morgan fingerprint density at radius 1 is 1.04 bits per heavy atom. The van der Waals surface area contributed by atoms with Gasteiger partial charge in [0, 0.05) is 57.1 Å². The minimum atomic E-state index is 0.00894. The van der Waals surface area contributed by atoms with Crippen LogP contribution < -0.4 is 5.56 Å². The van der Waals surface area contributed by atoms with Crippen LogP contribution in [0.15, 0.2) is 35.3 Å². The molecular formula is C19H25N3O2. The third-order valence-corrected chi connectivity index (χ3v) is 4.77. The average molecular weight is 327 g/mol. The second kappa shape index (κ2) is 6.79. The molecule has 1 aliphatic rings. The Labute approximate surface area is 142 Å². The number of likely N-dealkylation sites (N-methyl/N-ethyl adjacent to an activating group) is 1. The molecule has 0 atom stereocenters. The van der Waals surface area contributed by atoms with Crippen molar-refractivity contribution >= 4 is 0 Å². The smallest absolute Gasteiger partial charge is 0.253 e. The molecule has 1 aromatic heterocycles. The zero-order valence-electron chi connectivity index (χ0n) is 14.6. The van der Waals surface area contributed by atoms with Crippen molar-refractivity contribution in [1.29, 1.82) is 0 Å². The van der Waals surface area contributed by atoms with Gasteiger partial charge in [-0.05, 0) is 37.2 Å². The molecule has 1 saturated heterocycles. The number of aryl methyl sites for hydroxylation is 2. The summed E-state index contributed by atoms with van der Waals surface area (Å²) in [6.07, 6.45) is 1.81. The Hall–Kier alpha value is -2.11. The number of rotatable bonds is 3. The van der Waals surface area contributed by atoms with E-state index in [1.165, 1.54) is 0 Å². The average Bonchev–Trinajstić information content (AvgIpc) is 2.56. The van der Waals surface area contributed by atoms with E-state index in [-0.39, 0.29) is 5.56 Å².